The average molecular weight is 285 g/mol. The van der Waals surface area contributed by atoms with E-state index in [1.807, 2.05) is 31.2 Å². The number of rotatable bonds is 4. The van der Waals surface area contributed by atoms with Crippen molar-refractivity contribution in [1.29, 1.82) is 0 Å². The SMILES string of the molecule is Cc1ccc(NCCc2nc3[nH]c(=O)[nH]c(=O)c3[nH]2)cc1. The fourth-order valence-corrected chi connectivity index (χ4v) is 2.10. The Morgan fingerprint density at radius 2 is 1.86 bits per heavy atom. The molecule has 0 fully saturated rings. The topological polar surface area (TPSA) is 106 Å². The van der Waals surface area contributed by atoms with Gasteiger partial charge in [-0.2, -0.15) is 0 Å². The highest BCUT2D eigenvalue weighted by atomic mass is 16.2. The molecule has 0 aliphatic carbocycles. The lowest BCUT2D eigenvalue weighted by Gasteiger charge is -2.05. The van der Waals surface area contributed by atoms with Crippen LogP contribution in [0.3, 0.4) is 0 Å². The minimum atomic E-state index is -0.552. The van der Waals surface area contributed by atoms with E-state index >= 15 is 0 Å². The quantitative estimate of drug-likeness (QED) is 0.571. The second kappa shape index (κ2) is 5.28. The number of fused-ring (bicyclic) bond motifs is 1. The fourth-order valence-electron chi connectivity index (χ4n) is 2.10. The summed E-state index contributed by atoms with van der Waals surface area (Å²) < 4.78 is 0. The molecule has 0 aliphatic heterocycles. The summed E-state index contributed by atoms with van der Waals surface area (Å²) in [6.07, 6.45) is 0.615. The molecule has 7 nitrogen and oxygen atoms in total. The predicted molar refractivity (Wildman–Crippen MR) is 80.7 cm³/mol. The standard InChI is InChI=1S/C14H15N5O2/c1-8-2-4-9(5-3-8)15-7-6-10-16-11-12(17-10)18-14(21)19-13(11)20/h2-5,15H,6-7H2,1H3,(H3,16,17,18,19,20,21). The van der Waals surface area contributed by atoms with Crippen LogP contribution in [0.5, 0.6) is 0 Å². The molecule has 0 radical (unpaired) electrons. The third kappa shape index (κ3) is 2.86. The summed E-state index contributed by atoms with van der Waals surface area (Å²) >= 11 is 0. The fraction of sp³-hybridized carbons (Fsp3) is 0.214. The Labute approximate surface area is 119 Å². The number of nitrogens with one attached hydrogen (secondary N) is 4. The molecular weight excluding hydrogens is 270 g/mol. The Morgan fingerprint density at radius 1 is 1.10 bits per heavy atom. The molecule has 0 saturated carbocycles. The number of hydrogen-bond donors (Lipinski definition) is 4. The molecule has 7 heteroatoms. The van der Waals surface area contributed by atoms with E-state index in [-0.39, 0.29) is 5.65 Å². The van der Waals surface area contributed by atoms with Gasteiger partial charge in [0.1, 0.15) is 11.3 Å². The van der Waals surface area contributed by atoms with Crippen LogP contribution in [0, 0.1) is 6.92 Å². The van der Waals surface area contributed by atoms with Gasteiger partial charge in [-0.3, -0.25) is 14.8 Å². The van der Waals surface area contributed by atoms with Crippen molar-refractivity contribution >= 4 is 16.9 Å². The Balaban J connectivity index is 1.71. The second-order valence-corrected chi connectivity index (χ2v) is 4.86. The first-order valence-corrected chi connectivity index (χ1v) is 6.63. The maximum Gasteiger partial charge on any atom is 0.327 e. The smallest absolute Gasteiger partial charge is 0.327 e. The first kappa shape index (κ1) is 13.2. The van der Waals surface area contributed by atoms with Gasteiger partial charge in [0.2, 0.25) is 0 Å². The molecule has 3 rings (SSSR count). The zero-order chi connectivity index (χ0) is 14.8. The van der Waals surface area contributed by atoms with E-state index < -0.39 is 11.2 Å². The summed E-state index contributed by atoms with van der Waals surface area (Å²) in [5.41, 5.74) is 1.81. The molecule has 0 atom stereocenters. The van der Waals surface area contributed by atoms with E-state index in [0.29, 0.717) is 24.3 Å². The summed E-state index contributed by atoms with van der Waals surface area (Å²) in [6, 6.07) is 8.09. The van der Waals surface area contributed by atoms with E-state index in [4.69, 9.17) is 0 Å². The summed E-state index contributed by atoms with van der Waals surface area (Å²) in [5, 5.41) is 3.27. The van der Waals surface area contributed by atoms with Crippen LogP contribution in [0.1, 0.15) is 11.4 Å². The lowest BCUT2D eigenvalue weighted by molar-refractivity contribution is 0.932. The number of aromatic nitrogens is 4. The number of nitrogens with zero attached hydrogens (tertiary/aromatic N) is 1. The molecule has 108 valence electrons. The van der Waals surface area contributed by atoms with Gasteiger partial charge in [0.25, 0.3) is 5.56 Å². The Morgan fingerprint density at radius 3 is 2.62 bits per heavy atom. The largest absolute Gasteiger partial charge is 0.385 e. The van der Waals surface area contributed by atoms with Crippen molar-refractivity contribution in [2.75, 3.05) is 11.9 Å². The lowest BCUT2D eigenvalue weighted by atomic mass is 10.2. The normalized spacial score (nSPS) is 10.9. The minimum Gasteiger partial charge on any atom is -0.385 e. The molecule has 0 amide bonds. The van der Waals surface area contributed by atoms with Gasteiger partial charge in [-0.05, 0) is 19.1 Å². The van der Waals surface area contributed by atoms with Crippen LogP contribution in [0.25, 0.3) is 11.2 Å². The van der Waals surface area contributed by atoms with Crippen LogP contribution in [-0.2, 0) is 6.42 Å². The number of imidazole rings is 1. The van der Waals surface area contributed by atoms with Crippen LogP contribution >= 0.6 is 0 Å². The molecule has 0 aliphatic rings. The maximum atomic E-state index is 11.6. The van der Waals surface area contributed by atoms with E-state index in [9.17, 15) is 9.59 Å². The number of hydrogen-bond acceptors (Lipinski definition) is 4. The number of anilines is 1. The first-order chi connectivity index (χ1) is 10.1. The number of aryl methyl sites for hydroxylation is 1. The Bertz CT molecular complexity index is 873. The van der Waals surface area contributed by atoms with Crippen LogP contribution in [0.2, 0.25) is 0 Å². The highest BCUT2D eigenvalue weighted by Crippen LogP contribution is 2.09. The van der Waals surface area contributed by atoms with Crippen molar-refractivity contribution in [3.63, 3.8) is 0 Å². The third-order valence-corrected chi connectivity index (χ3v) is 3.18. The average Bonchev–Trinajstić information content (AvgIpc) is 2.84. The molecule has 0 unspecified atom stereocenters. The Hall–Kier alpha value is -2.83. The number of benzene rings is 1. The molecule has 4 N–H and O–H groups in total. The number of H-pyrrole nitrogens is 3. The van der Waals surface area contributed by atoms with Gasteiger partial charge in [-0.25, -0.2) is 9.78 Å². The van der Waals surface area contributed by atoms with Crippen LogP contribution < -0.4 is 16.6 Å². The van der Waals surface area contributed by atoms with E-state index in [1.165, 1.54) is 5.56 Å². The van der Waals surface area contributed by atoms with Gasteiger partial charge in [0, 0.05) is 18.7 Å². The molecule has 2 heterocycles. The van der Waals surface area contributed by atoms with E-state index in [0.717, 1.165) is 5.69 Å². The second-order valence-electron chi connectivity index (χ2n) is 4.86. The first-order valence-electron chi connectivity index (χ1n) is 6.63. The van der Waals surface area contributed by atoms with Gasteiger partial charge >= 0.3 is 5.69 Å². The monoisotopic (exact) mass is 285 g/mol. The molecular formula is C14H15N5O2. The molecule has 21 heavy (non-hydrogen) atoms. The number of aromatic amines is 3. The van der Waals surface area contributed by atoms with Crippen molar-refractivity contribution in [3.05, 3.63) is 56.5 Å². The van der Waals surface area contributed by atoms with Gasteiger partial charge in [-0.15, -0.1) is 0 Å². The zero-order valence-corrected chi connectivity index (χ0v) is 11.5. The van der Waals surface area contributed by atoms with Crippen LogP contribution in [-0.4, -0.2) is 26.5 Å². The minimum absolute atomic E-state index is 0.286. The van der Waals surface area contributed by atoms with E-state index in [1.54, 1.807) is 0 Å². The van der Waals surface area contributed by atoms with Crippen molar-refractivity contribution in [1.82, 2.24) is 19.9 Å². The highest BCUT2D eigenvalue weighted by molar-refractivity contribution is 5.68. The highest BCUT2D eigenvalue weighted by Gasteiger charge is 2.07. The zero-order valence-electron chi connectivity index (χ0n) is 11.5. The van der Waals surface area contributed by atoms with Crippen LogP contribution in [0.4, 0.5) is 5.69 Å². The molecule has 0 saturated heterocycles. The summed E-state index contributed by atoms with van der Waals surface area (Å²) in [4.78, 5) is 34.5. The van der Waals surface area contributed by atoms with Crippen LogP contribution in [0.15, 0.2) is 33.9 Å². The molecule has 0 bridgehead atoms. The van der Waals surface area contributed by atoms with Gasteiger partial charge in [0.05, 0.1) is 0 Å². The van der Waals surface area contributed by atoms with E-state index in [2.05, 4.69) is 25.3 Å². The van der Waals surface area contributed by atoms with Crippen molar-refractivity contribution < 1.29 is 0 Å². The molecule has 3 aromatic rings. The molecule has 1 aromatic carbocycles. The van der Waals surface area contributed by atoms with Gasteiger partial charge in [-0.1, -0.05) is 17.7 Å². The van der Waals surface area contributed by atoms with Gasteiger partial charge < -0.3 is 10.3 Å². The van der Waals surface area contributed by atoms with Crippen molar-refractivity contribution in [2.24, 2.45) is 0 Å². The Kier molecular flexibility index (Phi) is 3.31. The lowest BCUT2D eigenvalue weighted by Crippen LogP contribution is -2.21. The maximum absolute atomic E-state index is 11.6. The molecule has 2 aromatic heterocycles. The summed E-state index contributed by atoms with van der Waals surface area (Å²) in [6.45, 7) is 2.71. The third-order valence-electron chi connectivity index (χ3n) is 3.18. The molecule has 0 spiro atoms. The predicted octanol–water partition coefficient (Wildman–Crippen LogP) is 0.903. The summed E-state index contributed by atoms with van der Waals surface area (Å²) in [5.74, 6) is 0.650. The van der Waals surface area contributed by atoms with Crippen molar-refractivity contribution in [3.8, 4) is 0 Å². The van der Waals surface area contributed by atoms with Crippen molar-refractivity contribution in [2.45, 2.75) is 13.3 Å². The summed E-state index contributed by atoms with van der Waals surface area (Å²) in [7, 11) is 0. The van der Waals surface area contributed by atoms with Gasteiger partial charge in [0.15, 0.2) is 5.65 Å².